The Balaban J connectivity index is 0.00000240. The van der Waals surface area contributed by atoms with Crippen LogP contribution < -0.4 is 33.4 Å². The van der Waals surface area contributed by atoms with Gasteiger partial charge >= 0.3 is 0 Å². The number of para-hydroxylation sites is 2. The summed E-state index contributed by atoms with van der Waals surface area (Å²) >= 11 is 1.81. The van der Waals surface area contributed by atoms with Gasteiger partial charge in [0.1, 0.15) is 11.7 Å². The molecule has 4 aromatic rings. The van der Waals surface area contributed by atoms with Crippen LogP contribution in [0.25, 0.3) is 22.0 Å². The summed E-state index contributed by atoms with van der Waals surface area (Å²) in [5.74, 6) is 0. The van der Waals surface area contributed by atoms with Crippen molar-refractivity contribution in [3.63, 3.8) is 0 Å². The van der Waals surface area contributed by atoms with Crippen LogP contribution in [-0.2, 0) is 7.05 Å². The van der Waals surface area contributed by atoms with Crippen LogP contribution in [0.2, 0.25) is 0 Å². The monoisotopic (exact) mass is 510 g/mol. The van der Waals surface area contributed by atoms with E-state index in [1.165, 1.54) is 26.5 Å². The summed E-state index contributed by atoms with van der Waals surface area (Å²) in [5.41, 5.74) is 4.78. The van der Waals surface area contributed by atoms with E-state index in [0.29, 0.717) is 0 Å². The van der Waals surface area contributed by atoms with Crippen molar-refractivity contribution in [3.05, 3.63) is 108 Å². The molecule has 0 bridgehead atoms. The molecule has 0 saturated carbocycles. The van der Waals surface area contributed by atoms with Gasteiger partial charge < -0.3 is 28.9 Å². The minimum atomic E-state index is 0. The van der Waals surface area contributed by atoms with Crippen molar-refractivity contribution >= 4 is 39.0 Å². The zero-order valence-electron chi connectivity index (χ0n) is 16.5. The van der Waals surface area contributed by atoms with Crippen LogP contribution in [0.1, 0.15) is 10.6 Å². The maximum Gasteiger partial charge on any atom is 0.262 e. The first kappa shape index (κ1) is 21.3. The third-order valence-corrected chi connectivity index (χ3v) is 6.02. The van der Waals surface area contributed by atoms with Crippen LogP contribution in [0.5, 0.6) is 0 Å². The molecule has 0 aliphatic carbocycles. The number of nitrogens with zero attached hydrogens (tertiary/aromatic N) is 2. The number of hydrogen-bond acceptors (Lipinski definition) is 2. The summed E-state index contributed by atoms with van der Waals surface area (Å²) in [6.45, 7) is 0. The average molecular weight is 510 g/mol. The molecule has 0 atom stereocenters. The predicted octanol–water partition coefficient (Wildman–Crippen LogP) is 2.92. The molecule has 4 heteroatoms. The zero-order chi connectivity index (χ0) is 19.3. The van der Waals surface area contributed by atoms with Crippen LogP contribution in [0.3, 0.4) is 0 Å². The quantitative estimate of drug-likeness (QED) is 0.228. The van der Waals surface area contributed by atoms with E-state index in [1.54, 1.807) is 0 Å². The Bertz CT molecular complexity index is 1130. The number of halogens is 1. The summed E-state index contributed by atoms with van der Waals surface area (Å²) in [4.78, 5) is 2.23. The second kappa shape index (κ2) is 9.85. The van der Waals surface area contributed by atoms with Gasteiger partial charge in [0.25, 0.3) is 5.01 Å². The molecule has 29 heavy (non-hydrogen) atoms. The van der Waals surface area contributed by atoms with Gasteiger partial charge in [0.2, 0.25) is 5.52 Å². The summed E-state index contributed by atoms with van der Waals surface area (Å²) in [6, 6.07) is 29.5. The van der Waals surface area contributed by atoms with Crippen LogP contribution in [-0.4, -0.2) is 7.05 Å². The highest BCUT2D eigenvalue weighted by atomic mass is 127. The Morgan fingerprint density at radius 1 is 0.862 bits per heavy atom. The Hall–Kier alpha value is -2.44. The van der Waals surface area contributed by atoms with Crippen molar-refractivity contribution in [3.8, 4) is 0 Å². The van der Waals surface area contributed by atoms with Crippen LogP contribution in [0.4, 0.5) is 5.69 Å². The van der Waals surface area contributed by atoms with Gasteiger partial charge in [0.15, 0.2) is 0 Å². The van der Waals surface area contributed by atoms with Crippen LogP contribution in [0.15, 0.2) is 97.1 Å². The second-order valence-corrected chi connectivity index (χ2v) is 7.70. The summed E-state index contributed by atoms with van der Waals surface area (Å²) in [6.07, 6.45) is 6.52. The van der Waals surface area contributed by atoms with Gasteiger partial charge in [-0.2, -0.15) is 4.57 Å². The van der Waals surface area contributed by atoms with Gasteiger partial charge in [-0.3, -0.25) is 0 Å². The predicted molar refractivity (Wildman–Crippen MR) is 121 cm³/mol. The van der Waals surface area contributed by atoms with Crippen LogP contribution >= 0.6 is 11.3 Å². The standard InChI is InChI=1S/C25H23N2S.HI/c1-26(21-14-7-4-8-15-21)22(20-12-5-3-6-13-20)17-11-19-25-27(2)23-16-9-10-18-24(23)28-25;/h3-19H,1-2H3;1H/q+1;/p-1. The highest BCUT2D eigenvalue weighted by Gasteiger charge is 2.13. The molecule has 0 amide bonds. The highest BCUT2D eigenvalue weighted by molar-refractivity contribution is 7.18. The van der Waals surface area contributed by atoms with Gasteiger partial charge in [0.05, 0.1) is 0 Å². The Kier molecular flexibility index (Phi) is 7.23. The smallest absolute Gasteiger partial charge is 0.262 e. The van der Waals surface area contributed by atoms with E-state index >= 15 is 0 Å². The first-order valence-electron chi connectivity index (χ1n) is 9.34. The number of allylic oxidation sites excluding steroid dienone is 2. The molecule has 0 aliphatic rings. The number of anilines is 1. The van der Waals surface area contributed by atoms with E-state index < -0.39 is 0 Å². The normalized spacial score (nSPS) is 11.6. The van der Waals surface area contributed by atoms with Crippen LogP contribution in [0, 0.1) is 0 Å². The Morgan fingerprint density at radius 3 is 2.17 bits per heavy atom. The first-order valence-corrected chi connectivity index (χ1v) is 10.2. The van der Waals surface area contributed by atoms with Gasteiger partial charge in [-0.25, -0.2) is 0 Å². The van der Waals surface area contributed by atoms with Gasteiger partial charge in [-0.1, -0.05) is 78.1 Å². The fourth-order valence-corrected chi connectivity index (χ4v) is 4.35. The van der Waals surface area contributed by atoms with Gasteiger partial charge in [-0.15, -0.1) is 0 Å². The maximum atomic E-state index is 2.24. The summed E-state index contributed by atoms with van der Waals surface area (Å²) < 4.78 is 3.55. The third-order valence-electron chi connectivity index (χ3n) is 4.84. The van der Waals surface area contributed by atoms with E-state index in [2.05, 4.69) is 121 Å². The molecular weight excluding hydrogens is 487 g/mol. The van der Waals surface area contributed by atoms with Gasteiger partial charge in [-0.05, 0) is 29.8 Å². The van der Waals surface area contributed by atoms with Gasteiger partial charge in [0, 0.05) is 30.6 Å². The number of aryl methyl sites for hydroxylation is 1. The molecule has 3 aromatic carbocycles. The molecule has 0 spiro atoms. The number of benzene rings is 3. The number of hydrogen-bond donors (Lipinski definition) is 0. The lowest BCUT2D eigenvalue weighted by atomic mass is 10.1. The van der Waals surface area contributed by atoms with Crippen molar-refractivity contribution in [1.29, 1.82) is 0 Å². The highest BCUT2D eigenvalue weighted by Crippen LogP contribution is 2.25. The fraction of sp³-hybridized carbons (Fsp3) is 0.0800. The molecule has 146 valence electrons. The lowest BCUT2D eigenvalue weighted by molar-refractivity contribution is -0.642. The van der Waals surface area contributed by atoms with Crippen molar-refractivity contribution in [2.24, 2.45) is 7.05 Å². The topological polar surface area (TPSA) is 7.12 Å². The minimum absolute atomic E-state index is 0. The lowest BCUT2D eigenvalue weighted by Crippen LogP contribution is -3.00. The lowest BCUT2D eigenvalue weighted by Gasteiger charge is -2.23. The average Bonchev–Trinajstić information content (AvgIpc) is 3.08. The number of rotatable bonds is 5. The Labute approximate surface area is 193 Å². The molecule has 0 radical (unpaired) electrons. The third kappa shape index (κ3) is 4.77. The number of fused-ring (bicyclic) bond motifs is 1. The molecule has 0 fully saturated rings. The Morgan fingerprint density at radius 2 is 1.48 bits per heavy atom. The SMILES string of the molecule is CN(/C(=C/C=C/c1sc2ccccc2[n+]1C)c1ccccc1)c1ccccc1.[I-]. The molecule has 1 heterocycles. The van der Waals surface area contributed by atoms with Crippen molar-refractivity contribution in [2.75, 3.05) is 11.9 Å². The fourth-order valence-electron chi connectivity index (χ4n) is 3.29. The molecule has 0 N–H and O–H groups in total. The van der Waals surface area contributed by atoms with Crippen molar-refractivity contribution in [2.45, 2.75) is 0 Å². The molecule has 0 aliphatic heterocycles. The zero-order valence-corrected chi connectivity index (χ0v) is 19.5. The molecular formula is C25H23IN2S. The van der Waals surface area contributed by atoms with Crippen molar-refractivity contribution < 1.29 is 28.5 Å². The second-order valence-electron chi connectivity index (χ2n) is 6.64. The van der Waals surface area contributed by atoms with Crippen molar-refractivity contribution in [1.82, 2.24) is 0 Å². The molecule has 0 unspecified atom stereocenters. The molecule has 4 rings (SSSR count). The largest absolute Gasteiger partial charge is 1.00 e. The maximum absolute atomic E-state index is 2.24. The first-order chi connectivity index (χ1) is 13.7. The summed E-state index contributed by atoms with van der Waals surface area (Å²) in [5, 5.41) is 1.23. The molecule has 2 nitrogen and oxygen atoms in total. The number of thiazole rings is 1. The van der Waals surface area contributed by atoms with E-state index in [4.69, 9.17) is 0 Å². The molecule has 1 aromatic heterocycles. The number of aromatic nitrogens is 1. The van der Waals surface area contributed by atoms with E-state index in [1.807, 2.05) is 17.4 Å². The summed E-state index contributed by atoms with van der Waals surface area (Å²) in [7, 11) is 4.23. The van der Waals surface area contributed by atoms with E-state index in [-0.39, 0.29) is 24.0 Å². The van der Waals surface area contributed by atoms with E-state index in [9.17, 15) is 0 Å². The van der Waals surface area contributed by atoms with E-state index in [0.717, 1.165) is 5.70 Å². The minimum Gasteiger partial charge on any atom is -1.00 e. The molecule has 0 saturated heterocycles.